The summed E-state index contributed by atoms with van der Waals surface area (Å²) in [7, 11) is 0. The van der Waals surface area contributed by atoms with E-state index in [9.17, 15) is 14.4 Å². The number of fused-ring (bicyclic) bond motifs is 1. The van der Waals surface area contributed by atoms with Crippen molar-refractivity contribution in [2.45, 2.75) is 31.3 Å². The molecule has 2 aromatic carbocycles. The lowest BCUT2D eigenvalue weighted by molar-refractivity contribution is -0.124. The number of halogens is 3. The largest absolute Gasteiger partial charge is 0.352 e. The Hall–Kier alpha value is -2.09. The Morgan fingerprint density at radius 3 is 2.40 bits per heavy atom. The van der Waals surface area contributed by atoms with Gasteiger partial charge in [0.1, 0.15) is 5.54 Å². The summed E-state index contributed by atoms with van der Waals surface area (Å²) in [5, 5.41) is 3.52. The van der Waals surface area contributed by atoms with Crippen LogP contribution in [-0.2, 0) is 16.0 Å². The van der Waals surface area contributed by atoms with Gasteiger partial charge in [-0.15, -0.1) is 0 Å². The van der Waals surface area contributed by atoms with Crippen LogP contribution < -0.4 is 10.2 Å². The van der Waals surface area contributed by atoms with Crippen molar-refractivity contribution in [3.05, 3.63) is 62.5 Å². The summed E-state index contributed by atoms with van der Waals surface area (Å²) in [6, 6.07) is 11.5. The van der Waals surface area contributed by atoms with Gasteiger partial charge in [0.05, 0.1) is 5.69 Å². The van der Waals surface area contributed by atoms with Crippen molar-refractivity contribution in [1.29, 1.82) is 0 Å². The van der Waals surface area contributed by atoms with Crippen LogP contribution in [-0.4, -0.2) is 40.9 Å². The van der Waals surface area contributed by atoms with Crippen molar-refractivity contribution in [2.24, 2.45) is 0 Å². The summed E-state index contributed by atoms with van der Waals surface area (Å²) >= 11 is 15.6. The summed E-state index contributed by atoms with van der Waals surface area (Å²) < 4.78 is 0.923. The summed E-state index contributed by atoms with van der Waals surface area (Å²) in [4.78, 5) is 41.3. The minimum Gasteiger partial charge on any atom is -0.352 e. The first-order valence-electron chi connectivity index (χ1n) is 9.33. The van der Waals surface area contributed by atoms with Crippen molar-refractivity contribution in [1.82, 2.24) is 10.2 Å². The van der Waals surface area contributed by atoms with Gasteiger partial charge in [0.25, 0.3) is 5.91 Å². The Morgan fingerprint density at radius 1 is 1.17 bits per heavy atom. The van der Waals surface area contributed by atoms with E-state index in [1.165, 1.54) is 6.92 Å². The van der Waals surface area contributed by atoms with Crippen LogP contribution in [0.15, 0.2) is 46.9 Å². The molecule has 2 heterocycles. The average molecular weight is 511 g/mol. The third-order valence-corrected chi connectivity index (χ3v) is 6.41. The van der Waals surface area contributed by atoms with E-state index in [0.29, 0.717) is 28.6 Å². The number of nitrogens with zero attached hydrogens (tertiary/aromatic N) is 2. The van der Waals surface area contributed by atoms with Crippen LogP contribution >= 0.6 is 39.1 Å². The minimum atomic E-state index is -1.09. The summed E-state index contributed by atoms with van der Waals surface area (Å²) in [6.45, 7) is 1.68. The Bertz CT molecular complexity index is 1030. The van der Waals surface area contributed by atoms with Crippen molar-refractivity contribution in [2.75, 3.05) is 11.4 Å². The van der Waals surface area contributed by atoms with Gasteiger partial charge in [-0.1, -0.05) is 51.3 Å². The molecule has 2 saturated heterocycles. The molecular formula is C21H18BrCl2N3O3. The van der Waals surface area contributed by atoms with E-state index in [1.807, 2.05) is 24.3 Å². The van der Waals surface area contributed by atoms with Crippen LogP contribution in [0.5, 0.6) is 0 Å². The number of imide groups is 1. The molecule has 9 heteroatoms. The molecular weight excluding hydrogens is 493 g/mol. The number of urea groups is 1. The second-order valence-electron chi connectivity index (χ2n) is 7.60. The second kappa shape index (κ2) is 7.87. The maximum absolute atomic E-state index is 13.7. The first kappa shape index (κ1) is 21.2. The number of amides is 4. The molecule has 0 aliphatic carbocycles. The van der Waals surface area contributed by atoms with Crippen LogP contribution in [0.4, 0.5) is 10.5 Å². The lowest BCUT2D eigenvalue weighted by atomic mass is 9.87. The lowest BCUT2D eigenvalue weighted by Crippen LogP contribution is -2.47. The second-order valence-corrected chi connectivity index (χ2v) is 9.39. The number of benzene rings is 2. The monoisotopic (exact) mass is 509 g/mol. The Labute approximate surface area is 192 Å². The van der Waals surface area contributed by atoms with Crippen molar-refractivity contribution < 1.29 is 14.4 Å². The summed E-state index contributed by atoms with van der Waals surface area (Å²) in [5.41, 5.74) is 0.161. The van der Waals surface area contributed by atoms with Gasteiger partial charge in [0.2, 0.25) is 5.91 Å². The summed E-state index contributed by atoms with van der Waals surface area (Å²) in [6.07, 6.45) is 0.670. The molecule has 0 spiro atoms. The number of carbonyl (C=O) groups excluding carboxylic acids is 3. The molecule has 2 aliphatic rings. The predicted octanol–water partition coefficient (Wildman–Crippen LogP) is 4.41. The van der Waals surface area contributed by atoms with E-state index in [4.69, 9.17) is 23.2 Å². The molecule has 0 radical (unpaired) electrons. The van der Waals surface area contributed by atoms with Crippen molar-refractivity contribution in [3.8, 4) is 0 Å². The molecule has 2 fully saturated rings. The zero-order valence-electron chi connectivity index (χ0n) is 16.0. The third-order valence-electron chi connectivity index (χ3n) is 5.45. The normalized spacial score (nSPS) is 23.1. The lowest BCUT2D eigenvalue weighted by Gasteiger charge is -2.28. The molecule has 4 amide bonds. The SMILES string of the molecule is CC(=O)N[C@H]1CN2C(=O)N(c3cc(Cl)cc(Cl)c3)C(=O)[C@@]2(Cc2ccc(Br)cc2)C1. The zero-order valence-corrected chi connectivity index (χ0v) is 19.1. The van der Waals surface area contributed by atoms with E-state index in [0.717, 1.165) is 14.9 Å². The van der Waals surface area contributed by atoms with Gasteiger partial charge in [-0.05, 0) is 35.9 Å². The van der Waals surface area contributed by atoms with E-state index < -0.39 is 11.6 Å². The Balaban J connectivity index is 1.75. The zero-order chi connectivity index (χ0) is 21.6. The highest BCUT2D eigenvalue weighted by atomic mass is 79.9. The molecule has 2 aliphatic heterocycles. The molecule has 156 valence electrons. The van der Waals surface area contributed by atoms with Crippen LogP contribution in [0, 0.1) is 0 Å². The fourth-order valence-corrected chi connectivity index (χ4v) is 5.10. The van der Waals surface area contributed by atoms with Gasteiger partial charge in [-0.3, -0.25) is 9.59 Å². The number of anilines is 1. The van der Waals surface area contributed by atoms with Gasteiger partial charge in [-0.25, -0.2) is 9.69 Å². The molecule has 2 aromatic rings. The molecule has 0 unspecified atom stereocenters. The standard InChI is InChI=1S/C21H18BrCl2N3O3/c1-12(28)25-17-10-21(9-13-2-4-14(22)5-3-13)19(29)27(20(30)26(21)11-17)18-7-15(23)6-16(24)8-18/h2-8,17H,9-11H2,1H3,(H,25,28)/t17-,21-/m1/s1. The van der Waals surface area contributed by atoms with E-state index >= 15 is 0 Å². The van der Waals surface area contributed by atoms with Crippen LogP contribution in [0.3, 0.4) is 0 Å². The highest BCUT2D eigenvalue weighted by Crippen LogP contribution is 2.43. The number of hydrogen-bond acceptors (Lipinski definition) is 3. The average Bonchev–Trinajstić information content (AvgIpc) is 3.09. The highest BCUT2D eigenvalue weighted by Gasteiger charge is 2.62. The Kier molecular flexibility index (Phi) is 5.55. The first-order valence-corrected chi connectivity index (χ1v) is 10.9. The van der Waals surface area contributed by atoms with Gasteiger partial charge in [0.15, 0.2) is 0 Å². The molecule has 0 bridgehead atoms. The molecule has 1 N–H and O–H groups in total. The molecule has 2 atom stereocenters. The summed E-state index contributed by atoms with van der Waals surface area (Å²) in [5.74, 6) is -0.542. The number of hydrogen-bond donors (Lipinski definition) is 1. The minimum absolute atomic E-state index is 0.196. The first-order chi connectivity index (χ1) is 14.2. The van der Waals surface area contributed by atoms with Crippen molar-refractivity contribution >= 4 is 62.7 Å². The van der Waals surface area contributed by atoms with E-state index in [-0.39, 0.29) is 24.4 Å². The Morgan fingerprint density at radius 2 is 1.80 bits per heavy atom. The molecule has 4 rings (SSSR count). The molecule has 0 aromatic heterocycles. The fourth-order valence-electron chi connectivity index (χ4n) is 4.32. The van der Waals surface area contributed by atoms with Crippen LogP contribution in [0.1, 0.15) is 18.9 Å². The quantitative estimate of drug-likeness (QED) is 0.619. The van der Waals surface area contributed by atoms with Gasteiger partial charge < -0.3 is 10.2 Å². The molecule has 30 heavy (non-hydrogen) atoms. The fraction of sp³-hybridized carbons (Fsp3) is 0.286. The maximum atomic E-state index is 13.7. The van der Waals surface area contributed by atoms with E-state index in [2.05, 4.69) is 21.2 Å². The number of nitrogens with one attached hydrogen (secondary N) is 1. The van der Waals surface area contributed by atoms with E-state index in [1.54, 1.807) is 23.1 Å². The smallest absolute Gasteiger partial charge is 0.332 e. The molecule has 0 saturated carbocycles. The van der Waals surface area contributed by atoms with Gasteiger partial charge in [0, 0.05) is 46.9 Å². The highest BCUT2D eigenvalue weighted by molar-refractivity contribution is 9.10. The molecule has 6 nitrogen and oxygen atoms in total. The number of rotatable bonds is 4. The van der Waals surface area contributed by atoms with Gasteiger partial charge in [-0.2, -0.15) is 0 Å². The third kappa shape index (κ3) is 3.70. The van der Waals surface area contributed by atoms with Crippen molar-refractivity contribution in [3.63, 3.8) is 0 Å². The topological polar surface area (TPSA) is 69.7 Å². The van der Waals surface area contributed by atoms with Crippen LogP contribution in [0.25, 0.3) is 0 Å². The maximum Gasteiger partial charge on any atom is 0.332 e. The number of carbonyl (C=O) groups is 3. The van der Waals surface area contributed by atoms with Gasteiger partial charge >= 0.3 is 6.03 Å². The predicted molar refractivity (Wildman–Crippen MR) is 119 cm³/mol. The van der Waals surface area contributed by atoms with Crippen LogP contribution in [0.2, 0.25) is 10.0 Å².